The highest BCUT2D eigenvalue weighted by Gasteiger charge is 2.36. The van der Waals surface area contributed by atoms with E-state index < -0.39 is 11.0 Å². The van der Waals surface area contributed by atoms with E-state index in [0.717, 1.165) is 0 Å². The normalized spacial score (nSPS) is 17.6. The Balaban J connectivity index is 2.42. The second-order valence-corrected chi connectivity index (χ2v) is 5.26. The minimum atomic E-state index is -0.668. The number of aliphatic hydroxyl groups excluding tert-OH is 1. The van der Waals surface area contributed by atoms with Crippen LogP contribution in [0.25, 0.3) is 0 Å². The van der Waals surface area contributed by atoms with Gasteiger partial charge in [-0.3, -0.25) is 14.9 Å². The number of nitro benzene ring substituents is 1. The van der Waals surface area contributed by atoms with Gasteiger partial charge in [-0.25, -0.2) is 0 Å². The highest BCUT2D eigenvalue weighted by atomic mass is 16.6. The van der Waals surface area contributed by atoms with Crippen molar-refractivity contribution in [2.24, 2.45) is 5.92 Å². The van der Waals surface area contributed by atoms with Crippen molar-refractivity contribution in [3.63, 3.8) is 0 Å². The molecule has 0 radical (unpaired) electrons. The largest absolute Gasteiger partial charge is 0.478 e. The fourth-order valence-electron chi connectivity index (χ4n) is 2.27. The van der Waals surface area contributed by atoms with E-state index in [-0.39, 0.29) is 24.1 Å². The first-order valence-corrected chi connectivity index (χ1v) is 6.83. The maximum absolute atomic E-state index is 12.4. The molecule has 0 saturated heterocycles. The van der Waals surface area contributed by atoms with Crippen LogP contribution in [-0.2, 0) is 4.79 Å². The van der Waals surface area contributed by atoms with Crippen molar-refractivity contribution >= 4 is 17.3 Å². The first-order valence-electron chi connectivity index (χ1n) is 6.83. The molecule has 7 heteroatoms. The molecular formula is C14H18N2O5. The molecule has 1 aromatic carbocycles. The second kappa shape index (κ2) is 6.09. The lowest BCUT2D eigenvalue weighted by Gasteiger charge is -2.35. The van der Waals surface area contributed by atoms with E-state index in [9.17, 15) is 14.9 Å². The second-order valence-electron chi connectivity index (χ2n) is 5.26. The molecule has 1 N–H and O–H groups in total. The van der Waals surface area contributed by atoms with Gasteiger partial charge in [-0.1, -0.05) is 13.8 Å². The van der Waals surface area contributed by atoms with Gasteiger partial charge in [0.25, 0.3) is 11.6 Å². The number of anilines is 1. The predicted octanol–water partition coefficient (Wildman–Crippen LogP) is 1.73. The number of carbonyl (C=O) groups is 1. The number of nitro groups is 1. The van der Waals surface area contributed by atoms with Gasteiger partial charge in [-0.15, -0.1) is 0 Å². The van der Waals surface area contributed by atoms with E-state index in [1.165, 1.54) is 23.1 Å². The standard InChI is InChI=1S/C14H18N2O5/c1-9(2)13-14(18)15(6-3-7-17)11-5-4-10(16(19)20)8-12(11)21-13/h4-5,8-9,13,17H,3,6-7H2,1-2H3. The Morgan fingerprint density at radius 2 is 2.19 bits per heavy atom. The highest BCUT2D eigenvalue weighted by Crippen LogP contribution is 2.38. The van der Waals surface area contributed by atoms with Crippen LogP contribution in [0, 0.1) is 16.0 Å². The fraction of sp³-hybridized carbons (Fsp3) is 0.500. The summed E-state index contributed by atoms with van der Waals surface area (Å²) in [5, 5.41) is 19.8. The molecule has 0 bridgehead atoms. The van der Waals surface area contributed by atoms with Gasteiger partial charge in [0, 0.05) is 19.2 Å². The molecular weight excluding hydrogens is 276 g/mol. The molecule has 1 amide bonds. The molecule has 2 rings (SSSR count). The van der Waals surface area contributed by atoms with Crippen molar-refractivity contribution in [3.05, 3.63) is 28.3 Å². The third-order valence-corrected chi connectivity index (χ3v) is 3.35. The van der Waals surface area contributed by atoms with Gasteiger partial charge >= 0.3 is 0 Å². The average molecular weight is 294 g/mol. The van der Waals surface area contributed by atoms with Crippen molar-refractivity contribution < 1.29 is 19.6 Å². The van der Waals surface area contributed by atoms with Crippen LogP contribution in [0.15, 0.2) is 18.2 Å². The Hall–Kier alpha value is -2.15. The number of non-ortho nitro benzene ring substituents is 1. The summed E-state index contributed by atoms with van der Waals surface area (Å²) in [4.78, 5) is 24.3. The minimum absolute atomic E-state index is 0.0285. The zero-order chi connectivity index (χ0) is 15.6. The first kappa shape index (κ1) is 15.2. The quantitative estimate of drug-likeness (QED) is 0.659. The number of hydrogen-bond acceptors (Lipinski definition) is 5. The SMILES string of the molecule is CC(C)C1Oc2cc([N+](=O)[O-])ccc2N(CCCO)C1=O. The molecule has 0 fully saturated rings. The molecule has 1 aliphatic heterocycles. The highest BCUT2D eigenvalue weighted by molar-refractivity contribution is 6.00. The molecule has 0 spiro atoms. The van der Waals surface area contributed by atoms with E-state index in [0.29, 0.717) is 24.4 Å². The molecule has 0 aromatic heterocycles. The Morgan fingerprint density at radius 1 is 1.48 bits per heavy atom. The van der Waals surface area contributed by atoms with Gasteiger partial charge in [0.2, 0.25) is 0 Å². The number of fused-ring (bicyclic) bond motifs is 1. The lowest BCUT2D eigenvalue weighted by Crippen LogP contribution is -2.48. The molecule has 114 valence electrons. The number of rotatable bonds is 5. The zero-order valence-corrected chi connectivity index (χ0v) is 12.0. The molecule has 21 heavy (non-hydrogen) atoms. The smallest absolute Gasteiger partial charge is 0.273 e. The zero-order valence-electron chi connectivity index (χ0n) is 12.0. The third-order valence-electron chi connectivity index (χ3n) is 3.35. The molecule has 0 saturated carbocycles. The molecule has 1 heterocycles. The van der Waals surface area contributed by atoms with Crippen LogP contribution >= 0.6 is 0 Å². The number of hydrogen-bond donors (Lipinski definition) is 1. The summed E-state index contributed by atoms with van der Waals surface area (Å²) in [6.07, 6.45) is -0.231. The van der Waals surface area contributed by atoms with E-state index in [2.05, 4.69) is 0 Å². The Morgan fingerprint density at radius 3 is 2.76 bits per heavy atom. The summed E-state index contributed by atoms with van der Waals surface area (Å²) in [6.45, 7) is 4.04. The summed E-state index contributed by atoms with van der Waals surface area (Å²) in [5.41, 5.74) is 0.434. The summed E-state index contributed by atoms with van der Waals surface area (Å²) in [5.74, 6) is 0.0989. The van der Waals surface area contributed by atoms with Gasteiger partial charge in [0.15, 0.2) is 11.9 Å². The predicted molar refractivity (Wildman–Crippen MR) is 76.4 cm³/mol. The number of nitrogens with zero attached hydrogens (tertiary/aromatic N) is 2. The van der Waals surface area contributed by atoms with Crippen molar-refractivity contribution in [2.75, 3.05) is 18.1 Å². The maximum atomic E-state index is 12.4. The van der Waals surface area contributed by atoms with Crippen LogP contribution in [0.4, 0.5) is 11.4 Å². The van der Waals surface area contributed by atoms with Crippen molar-refractivity contribution in [1.29, 1.82) is 0 Å². The molecule has 7 nitrogen and oxygen atoms in total. The lowest BCUT2D eigenvalue weighted by molar-refractivity contribution is -0.384. The summed E-state index contributed by atoms with van der Waals surface area (Å²) in [7, 11) is 0. The van der Waals surface area contributed by atoms with Crippen LogP contribution in [0.2, 0.25) is 0 Å². The number of ether oxygens (including phenoxy) is 1. The number of benzene rings is 1. The maximum Gasteiger partial charge on any atom is 0.273 e. The van der Waals surface area contributed by atoms with Gasteiger partial charge in [0.1, 0.15) is 0 Å². The molecule has 0 aliphatic carbocycles. The summed E-state index contributed by atoms with van der Waals surface area (Å²) >= 11 is 0. The van der Waals surface area contributed by atoms with Crippen LogP contribution in [-0.4, -0.2) is 35.2 Å². The van der Waals surface area contributed by atoms with Gasteiger partial charge in [0.05, 0.1) is 16.7 Å². The number of amides is 1. The van der Waals surface area contributed by atoms with E-state index in [1.54, 1.807) is 0 Å². The van der Waals surface area contributed by atoms with Crippen LogP contribution in [0.1, 0.15) is 20.3 Å². The average Bonchev–Trinajstić information content (AvgIpc) is 2.44. The van der Waals surface area contributed by atoms with E-state index in [1.807, 2.05) is 13.8 Å². The van der Waals surface area contributed by atoms with E-state index >= 15 is 0 Å². The monoisotopic (exact) mass is 294 g/mol. The summed E-state index contributed by atoms with van der Waals surface area (Å²) in [6, 6.07) is 4.19. The summed E-state index contributed by atoms with van der Waals surface area (Å²) < 4.78 is 5.65. The van der Waals surface area contributed by atoms with Crippen LogP contribution in [0.3, 0.4) is 0 Å². The first-order chi connectivity index (χ1) is 9.95. The number of aliphatic hydroxyl groups is 1. The Labute approximate surface area is 122 Å². The fourth-order valence-corrected chi connectivity index (χ4v) is 2.27. The third kappa shape index (κ3) is 2.97. The number of carbonyl (C=O) groups excluding carboxylic acids is 1. The Kier molecular flexibility index (Phi) is 4.42. The molecule has 1 aliphatic rings. The van der Waals surface area contributed by atoms with Gasteiger partial charge in [-0.2, -0.15) is 0 Å². The van der Waals surface area contributed by atoms with Crippen LogP contribution < -0.4 is 9.64 Å². The van der Waals surface area contributed by atoms with E-state index in [4.69, 9.17) is 9.84 Å². The van der Waals surface area contributed by atoms with Gasteiger partial charge < -0.3 is 14.7 Å². The van der Waals surface area contributed by atoms with Crippen LogP contribution in [0.5, 0.6) is 5.75 Å². The van der Waals surface area contributed by atoms with Crippen molar-refractivity contribution in [3.8, 4) is 5.75 Å². The minimum Gasteiger partial charge on any atom is -0.478 e. The molecule has 1 unspecified atom stereocenters. The lowest BCUT2D eigenvalue weighted by atomic mass is 10.0. The molecule has 1 atom stereocenters. The topological polar surface area (TPSA) is 92.9 Å². The van der Waals surface area contributed by atoms with Crippen molar-refractivity contribution in [1.82, 2.24) is 0 Å². The van der Waals surface area contributed by atoms with Crippen molar-refractivity contribution in [2.45, 2.75) is 26.4 Å². The Bertz CT molecular complexity index is 558. The molecule has 1 aromatic rings. The van der Waals surface area contributed by atoms with Gasteiger partial charge in [-0.05, 0) is 18.4 Å².